The monoisotopic (exact) mass is 263 g/mol. The maximum atomic E-state index is 13.9. The van der Waals surface area contributed by atoms with Crippen LogP contribution in [-0.2, 0) is 12.1 Å². The Hall–Kier alpha value is -2.24. The Labute approximate surface area is 108 Å². The highest BCUT2D eigenvalue weighted by atomic mass is 19.1. The predicted molar refractivity (Wildman–Crippen MR) is 63.7 cm³/mol. The maximum Gasteiger partial charge on any atom is 0.270 e. The van der Waals surface area contributed by atoms with Gasteiger partial charge in [0.2, 0.25) is 0 Å². The predicted octanol–water partition coefficient (Wildman–Crippen LogP) is 1.63. The molecule has 0 bridgehead atoms. The van der Waals surface area contributed by atoms with E-state index in [9.17, 15) is 13.6 Å². The highest BCUT2D eigenvalue weighted by Gasteiger charge is 2.41. The Morgan fingerprint density at radius 3 is 2.95 bits per heavy atom. The lowest BCUT2D eigenvalue weighted by atomic mass is 9.88. The number of rotatable bonds is 2. The van der Waals surface area contributed by atoms with Crippen molar-refractivity contribution in [1.29, 1.82) is 0 Å². The molecular weight excluding hydrogens is 252 g/mol. The van der Waals surface area contributed by atoms with Crippen LogP contribution in [0.1, 0.15) is 16.1 Å². The third kappa shape index (κ3) is 1.71. The van der Waals surface area contributed by atoms with Crippen LogP contribution in [0.5, 0.6) is 0 Å². The van der Waals surface area contributed by atoms with Gasteiger partial charge in [-0.05, 0) is 6.07 Å². The van der Waals surface area contributed by atoms with E-state index in [1.165, 1.54) is 35.3 Å². The zero-order valence-electron chi connectivity index (χ0n) is 9.94. The van der Waals surface area contributed by atoms with Gasteiger partial charge in [0.1, 0.15) is 23.7 Å². The van der Waals surface area contributed by atoms with Crippen LogP contribution in [0.15, 0.2) is 36.8 Å². The van der Waals surface area contributed by atoms with Crippen LogP contribution in [-0.4, -0.2) is 22.1 Å². The topological polar surface area (TPSA) is 46.9 Å². The van der Waals surface area contributed by atoms with Crippen LogP contribution >= 0.6 is 0 Å². The van der Waals surface area contributed by atoms with Gasteiger partial charge in [-0.3, -0.25) is 4.79 Å². The van der Waals surface area contributed by atoms with Crippen LogP contribution in [0, 0.1) is 5.82 Å². The molecule has 0 fully saturated rings. The second kappa shape index (κ2) is 4.15. The molecular formula is C13H11F2N3O. The number of nitrogens with one attached hydrogen (secondary N) is 1. The standard InChI is InChI=1S/C13H11F2N3O/c14-6-13(9-3-1-2-4-10(9)15)7-18-8-16-5-11(18)12(19)17-13/h1-5,8H,6-7H2,(H,17,19). The van der Waals surface area contributed by atoms with E-state index in [1.807, 2.05) is 0 Å². The molecule has 1 aliphatic heterocycles. The Morgan fingerprint density at radius 2 is 2.21 bits per heavy atom. The smallest absolute Gasteiger partial charge is 0.270 e. The van der Waals surface area contributed by atoms with Gasteiger partial charge in [0, 0.05) is 5.56 Å². The van der Waals surface area contributed by atoms with Gasteiger partial charge in [-0.2, -0.15) is 0 Å². The first kappa shape index (κ1) is 11.8. The molecule has 3 rings (SSSR count). The Bertz CT molecular complexity index is 640. The minimum atomic E-state index is -1.38. The van der Waals surface area contributed by atoms with E-state index in [0.29, 0.717) is 5.69 Å². The number of fused-ring (bicyclic) bond motifs is 1. The SMILES string of the molecule is O=C1NC(CF)(c2ccccc2F)Cn2cncc21. The quantitative estimate of drug-likeness (QED) is 0.895. The number of imidazole rings is 1. The zero-order valence-corrected chi connectivity index (χ0v) is 9.94. The number of hydrogen-bond donors (Lipinski definition) is 1. The van der Waals surface area contributed by atoms with Crippen LogP contribution in [0.3, 0.4) is 0 Å². The first-order chi connectivity index (χ1) is 9.16. The minimum absolute atomic E-state index is 0.117. The molecule has 1 unspecified atom stereocenters. The number of benzene rings is 1. The molecule has 4 nitrogen and oxygen atoms in total. The molecule has 1 N–H and O–H groups in total. The summed E-state index contributed by atoms with van der Waals surface area (Å²) in [7, 11) is 0. The fraction of sp³-hybridized carbons (Fsp3) is 0.231. The van der Waals surface area contributed by atoms with Crippen LogP contribution < -0.4 is 5.32 Å². The summed E-state index contributed by atoms with van der Waals surface area (Å²) in [5, 5.41) is 2.56. The first-order valence-electron chi connectivity index (χ1n) is 5.80. The lowest BCUT2D eigenvalue weighted by molar-refractivity contribution is 0.0795. The largest absolute Gasteiger partial charge is 0.337 e. The summed E-state index contributed by atoms with van der Waals surface area (Å²) in [4.78, 5) is 15.8. The van der Waals surface area contributed by atoms with Gasteiger partial charge in [-0.15, -0.1) is 0 Å². The van der Waals surface area contributed by atoms with Crippen molar-refractivity contribution in [3.8, 4) is 0 Å². The van der Waals surface area contributed by atoms with Gasteiger partial charge in [0.25, 0.3) is 5.91 Å². The number of carbonyl (C=O) groups excluding carboxylic acids is 1. The van der Waals surface area contributed by atoms with E-state index in [4.69, 9.17) is 0 Å². The number of nitrogens with zero attached hydrogens (tertiary/aromatic N) is 2. The van der Waals surface area contributed by atoms with Gasteiger partial charge in [-0.1, -0.05) is 18.2 Å². The summed E-state index contributed by atoms with van der Waals surface area (Å²) in [6, 6.07) is 5.88. The summed E-state index contributed by atoms with van der Waals surface area (Å²) < 4.78 is 29.0. The van der Waals surface area contributed by atoms with Gasteiger partial charge in [0.05, 0.1) is 19.1 Å². The maximum absolute atomic E-state index is 13.9. The van der Waals surface area contributed by atoms with Gasteiger partial charge >= 0.3 is 0 Å². The van der Waals surface area contributed by atoms with E-state index in [0.717, 1.165) is 0 Å². The van der Waals surface area contributed by atoms with Crippen molar-refractivity contribution in [2.45, 2.75) is 12.1 Å². The average molecular weight is 263 g/mol. The number of amides is 1. The Morgan fingerprint density at radius 1 is 1.42 bits per heavy atom. The molecule has 0 saturated carbocycles. The van der Waals surface area contributed by atoms with E-state index >= 15 is 0 Å². The highest BCUT2D eigenvalue weighted by molar-refractivity contribution is 5.93. The molecule has 1 atom stereocenters. The van der Waals surface area contributed by atoms with Crippen LogP contribution in [0.25, 0.3) is 0 Å². The molecule has 6 heteroatoms. The molecule has 1 aromatic heterocycles. The van der Waals surface area contributed by atoms with Crippen molar-refractivity contribution in [2.24, 2.45) is 0 Å². The number of halogens is 2. The van der Waals surface area contributed by atoms with E-state index in [-0.39, 0.29) is 12.1 Å². The summed E-state index contributed by atoms with van der Waals surface area (Å²) in [5.41, 5.74) is -0.888. The lowest BCUT2D eigenvalue weighted by Crippen LogP contribution is -2.55. The summed E-state index contributed by atoms with van der Waals surface area (Å²) in [6.07, 6.45) is 2.85. The van der Waals surface area contributed by atoms with Crippen molar-refractivity contribution in [3.63, 3.8) is 0 Å². The van der Waals surface area contributed by atoms with Crippen molar-refractivity contribution in [2.75, 3.05) is 6.67 Å². The average Bonchev–Trinajstić information content (AvgIpc) is 2.87. The van der Waals surface area contributed by atoms with Crippen molar-refractivity contribution < 1.29 is 13.6 Å². The third-order valence-electron chi connectivity index (χ3n) is 3.36. The number of alkyl halides is 1. The molecule has 1 aromatic carbocycles. The van der Waals surface area contributed by atoms with Gasteiger partial charge in [0.15, 0.2) is 0 Å². The molecule has 0 spiro atoms. The number of carbonyl (C=O) groups is 1. The highest BCUT2D eigenvalue weighted by Crippen LogP contribution is 2.30. The van der Waals surface area contributed by atoms with Crippen molar-refractivity contribution >= 4 is 5.91 Å². The molecule has 2 heterocycles. The number of aromatic nitrogens is 2. The molecule has 0 saturated heterocycles. The van der Waals surface area contributed by atoms with E-state index in [2.05, 4.69) is 10.3 Å². The number of hydrogen-bond acceptors (Lipinski definition) is 2. The van der Waals surface area contributed by atoms with Crippen molar-refractivity contribution in [1.82, 2.24) is 14.9 Å². The Balaban J connectivity index is 2.12. The fourth-order valence-corrected chi connectivity index (χ4v) is 2.40. The molecule has 19 heavy (non-hydrogen) atoms. The molecule has 0 aliphatic carbocycles. The van der Waals surface area contributed by atoms with Crippen molar-refractivity contribution in [3.05, 3.63) is 53.9 Å². The van der Waals surface area contributed by atoms with Crippen LogP contribution in [0.2, 0.25) is 0 Å². The second-order valence-corrected chi connectivity index (χ2v) is 4.56. The molecule has 1 amide bonds. The molecule has 2 aromatic rings. The lowest BCUT2D eigenvalue weighted by Gasteiger charge is -2.37. The first-order valence-corrected chi connectivity index (χ1v) is 5.80. The second-order valence-electron chi connectivity index (χ2n) is 4.56. The fourth-order valence-electron chi connectivity index (χ4n) is 2.40. The summed E-state index contributed by atoms with van der Waals surface area (Å²) in [5.74, 6) is -0.992. The zero-order chi connectivity index (χ0) is 13.5. The van der Waals surface area contributed by atoms with Crippen LogP contribution in [0.4, 0.5) is 8.78 Å². The normalized spacial score (nSPS) is 21.9. The Kier molecular flexibility index (Phi) is 2.58. The summed E-state index contributed by atoms with van der Waals surface area (Å²) in [6.45, 7) is -0.775. The van der Waals surface area contributed by atoms with Gasteiger partial charge in [-0.25, -0.2) is 13.8 Å². The third-order valence-corrected chi connectivity index (χ3v) is 3.36. The molecule has 1 aliphatic rings. The summed E-state index contributed by atoms with van der Waals surface area (Å²) >= 11 is 0. The van der Waals surface area contributed by atoms with E-state index in [1.54, 1.807) is 6.07 Å². The molecule has 0 radical (unpaired) electrons. The molecule has 98 valence electrons. The van der Waals surface area contributed by atoms with Gasteiger partial charge < -0.3 is 9.88 Å². The minimum Gasteiger partial charge on any atom is -0.337 e. The van der Waals surface area contributed by atoms with E-state index < -0.39 is 23.9 Å².